The molecule has 34 nitrogen and oxygen atoms in total. The van der Waals surface area contributed by atoms with E-state index in [2.05, 4.69) is 71.0 Å². The molecule has 0 aliphatic rings. The predicted molar refractivity (Wildman–Crippen MR) is 281 cm³/mol. The van der Waals surface area contributed by atoms with Gasteiger partial charge < -0.3 is 44.2 Å². The number of nitrogens with zero attached hydrogens (tertiary/aromatic N) is 10. The number of H-pyrrole nitrogens is 2. The van der Waals surface area contributed by atoms with E-state index in [1.54, 1.807) is 0 Å². The molecule has 2 heterocycles. The van der Waals surface area contributed by atoms with Crippen LogP contribution in [0.15, 0.2) is 145 Å². The third-order valence-electron chi connectivity index (χ3n) is 11.0. The smallest absolute Gasteiger partial charge is 0.870 e. The molecule has 8 aromatic rings. The number of aryl methyl sites for hydroxylation is 2. The number of azo groups is 2. The topological polar surface area (TPSA) is 571 Å². The van der Waals surface area contributed by atoms with Gasteiger partial charge in [-0.05, 0) is 138 Å². The molecule has 8 rings (SSSR count). The Balaban J connectivity index is 0.00000460. The number of nitrogens with two attached hydrogens (primary N) is 1. The number of halogens is 2. The minimum Gasteiger partial charge on any atom is -0.870 e. The van der Waals surface area contributed by atoms with Crippen molar-refractivity contribution in [2.24, 2.45) is 30.4 Å². The second-order valence-electron chi connectivity index (χ2n) is 16.7. The van der Waals surface area contributed by atoms with Gasteiger partial charge in [-0.15, -0.1) is 20.5 Å². The molecule has 0 fully saturated rings. The molecular weight excluding hydrogens is 1420 g/mol. The van der Waals surface area contributed by atoms with Crippen LogP contribution in [-0.2, 0) is 60.7 Å². The number of hydrogen-bond acceptors (Lipinski definition) is 31. The van der Waals surface area contributed by atoms with E-state index < -0.39 is 157 Å². The van der Waals surface area contributed by atoms with Gasteiger partial charge in [0.1, 0.15) is 72.5 Å². The Morgan fingerprint density at radius 1 is 0.489 bits per heavy atom. The van der Waals surface area contributed by atoms with Gasteiger partial charge in [-0.25, -0.2) is 52.1 Å². The van der Waals surface area contributed by atoms with Gasteiger partial charge in [0.05, 0.1) is 47.2 Å². The van der Waals surface area contributed by atoms with E-state index in [0.29, 0.717) is 24.3 Å². The second kappa shape index (κ2) is 32.6. The third kappa shape index (κ3) is 20.8. The summed E-state index contributed by atoms with van der Waals surface area (Å²) in [7, 11) is -32.2. The van der Waals surface area contributed by atoms with Crippen LogP contribution in [0, 0.1) is 13.8 Å². The minimum absolute atomic E-state index is 0. The van der Waals surface area contributed by atoms with Crippen molar-refractivity contribution in [3.8, 4) is 5.75 Å². The number of hydrogen-bond donors (Lipinski definition) is 6. The summed E-state index contributed by atoms with van der Waals surface area (Å²) >= 11 is 12.2. The average Bonchev–Trinajstić information content (AvgIpc) is 0.776. The predicted octanol–water partition coefficient (Wildman–Crippen LogP) is -13.8. The van der Waals surface area contributed by atoms with Gasteiger partial charge >= 0.3 is 177 Å². The van der Waals surface area contributed by atoms with E-state index in [4.69, 9.17) is 28.9 Å². The van der Waals surface area contributed by atoms with Gasteiger partial charge in [0.15, 0.2) is 0 Å². The molecule has 440 valence electrons. The molecule has 0 spiro atoms. The number of fused-ring (bicyclic) bond motifs is 1. The van der Waals surface area contributed by atoms with Crippen molar-refractivity contribution in [1.82, 2.24) is 29.9 Å². The minimum atomic E-state index is -5.83. The van der Waals surface area contributed by atoms with Crippen molar-refractivity contribution in [3.63, 3.8) is 0 Å². The van der Waals surface area contributed by atoms with Crippen LogP contribution in [0.2, 0.25) is 10.6 Å². The van der Waals surface area contributed by atoms with Gasteiger partial charge in [-0.2, -0.15) is 28.4 Å². The van der Waals surface area contributed by atoms with E-state index in [1.165, 1.54) is 26.0 Å². The summed E-state index contributed by atoms with van der Waals surface area (Å²) in [5.41, 5.74) is 0.0890. The molecule has 6 aromatic carbocycles. The van der Waals surface area contributed by atoms with Crippen molar-refractivity contribution in [1.29, 1.82) is 0 Å². The molecule has 0 bridgehead atoms. The zero-order chi connectivity index (χ0) is 61.8. The molecule has 0 saturated carbocycles. The fraction of sp³-hybridized carbons (Fsp3) is 0.0476. The first-order chi connectivity index (χ1) is 38.8. The maximum Gasteiger partial charge on any atom is 1.00 e. The average molecular weight is 1450 g/mol. The molecule has 48 heteroatoms. The molecule has 7 N–H and O–H groups in total. The summed E-state index contributed by atoms with van der Waals surface area (Å²) in [5, 5.41) is 31.5. The van der Waals surface area contributed by atoms with Gasteiger partial charge in [-0.3, -0.25) is 14.5 Å². The van der Waals surface area contributed by atoms with Crippen molar-refractivity contribution in [2.75, 3.05) is 16.4 Å². The van der Waals surface area contributed by atoms with Crippen molar-refractivity contribution in [3.05, 3.63) is 118 Å². The number of nitrogens with one attached hydrogen (secondary N) is 4. The van der Waals surface area contributed by atoms with Crippen LogP contribution in [0.3, 0.4) is 0 Å². The molecule has 0 amide bonds. The fourth-order valence-electron chi connectivity index (χ4n) is 7.34. The van der Waals surface area contributed by atoms with Gasteiger partial charge in [0, 0.05) is 16.8 Å². The first-order valence-electron chi connectivity index (χ1n) is 21.9. The molecule has 0 aliphatic heterocycles. The fourth-order valence-corrected chi connectivity index (χ4v) is 11.3. The van der Waals surface area contributed by atoms with E-state index >= 15 is 0 Å². The van der Waals surface area contributed by atoms with Crippen LogP contribution in [0.25, 0.3) is 10.8 Å². The Bertz CT molecular complexity index is 4790. The second-order valence-corrected chi connectivity index (χ2v) is 25.6. The largest absolute Gasteiger partial charge is 1.00 e. The van der Waals surface area contributed by atoms with Crippen LogP contribution in [0.4, 0.5) is 63.1 Å². The first kappa shape index (κ1) is 83.7. The summed E-state index contributed by atoms with van der Waals surface area (Å²) in [6.45, 7) is 2.90. The number of anilines is 5. The first-order valence-corrected chi connectivity index (χ1v) is 31.2. The number of aromatic amines is 2. The van der Waals surface area contributed by atoms with Crippen molar-refractivity contribution < 1.29 is 260 Å². The summed E-state index contributed by atoms with van der Waals surface area (Å²) in [5.74, 6) is -2.05. The van der Waals surface area contributed by atoms with Crippen LogP contribution in [0.5, 0.6) is 5.75 Å². The maximum absolute atomic E-state index is 14.3. The number of benzene rings is 6. The standard InChI is InChI=1S/C42H33Cl2N15O19S6.6Na/c1-17-11-22(79(61,62)63)5-7-24(17)48-41-52-37(43)50-39(54-41)46-20-3-9-28(81(67,68)69)26(15-20)56-58-34-30(83(73,74)75)13-19-14-31(84(76,77)78)35(36(60)32(19)33(34)45)59-57-27-16-21(4-10-29(27)82(70,71)72)47-40-51-38(44)53-42(55-40)49-25-8-6-23(12-18(25)2)80(64,65)66;;;;;;/h3-16,60H,45H2,1-2H3,(H,61,62,63)(H,64,65,66)(H,67,68,69)(H,70,71,72)(H,73,74,75)(H,76,77,78)(H2,46,48,50,52,54)(H2,47,49,51,53,55);;;;;;/q;6*+1/p-6. The van der Waals surface area contributed by atoms with E-state index in [1.807, 2.05) is 0 Å². The van der Waals surface area contributed by atoms with E-state index in [-0.39, 0.29) is 223 Å². The van der Waals surface area contributed by atoms with Crippen LogP contribution in [-0.4, -0.2) is 108 Å². The van der Waals surface area contributed by atoms with E-state index in [9.17, 15) is 82.9 Å². The third-order valence-corrected chi connectivity index (χ3v) is 16.5. The Kier molecular flexibility index (Phi) is 30.3. The van der Waals surface area contributed by atoms with Crippen molar-refractivity contribution >= 4 is 158 Å². The molecule has 0 atom stereocenters. The van der Waals surface area contributed by atoms with Crippen LogP contribution < -0.4 is 210 Å². The zero-order valence-corrected chi connectivity index (χ0v) is 65.5. The molecular formula is C42H27Cl2N15Na6O19S6. The van der Waals surface area contributed by atoms with Gasteiger partial charge in [0.25, 0.3) is 10.1 Å². The van der Waals surface area contributed by atoms with Crippen LogP contribution >= 0.6 is 23.2 Å². The summed E-state index contributed by atoms with van der Waals surface area (Å²) in [4.78, 5) is 22.8. The monoisotopic (exact) mass is 1440 g/mol. The molecule has 2 aromatic heterocycles. The molecule has 90 heavy (non-hydrogen) atoms. The Morgan fingerprint density at radius 2 is 0.867 bits per heavy atom. The number of aromatic nitrogens is 6. The number of nitrogen functional groups attached to an aromatic ring is 1. The summed E-state index contributed by atoms with van der Waals surface area (Å²) in [6, 6.07) is 12.1. The van der Waals surface area contributed by atoms with Gasteiger partial charge in [0.2, 0.25) is 33.7 Å². The SMILES string of the molecule is Cc1cc(S(=O)(=O)[O-])ccc1Nc1nc(Cl)nc(=Nc2ccc(S(=O)(=O)[O-])c(N=Nc3c(S(=O)(=O)[O-])cc4cc(S(=O)(=O)O)c(N=Nc5cc(N=c6nc(Cl)nc(Nc7ccc(S(=O)(=O)[O-])cc7C)[nH]6)ccc5S(=O)(=O)[O-])c([O-])c4c3N)c2)[nH]1.[Na+].[Na+].[Na+].[Na+].[Na+].[Na+]. The Hall–Kier alpha value is -2.36. The van der Waals surface area contributed by atoms with E-state index in [0.717, 1.165) is 48.5 Å². The maximum atomic E-state index is 14.3. The summed E-state index contributed by atoms with van der Waals surface area (Å²) in [6.07, 6.45) is 0. The van der Waals surface area contributed by atoms with Crippen molar-refractivity contribution in [2.45, 2.75) is 43.2 Å². The molecule has 0 radical (unpaired) electrons. The van der Waals surface area contributed by atoms with Crippen LogP contribution in [0.1, 0.15) is 11.1 Å². The normalized spacial score (nSPS) is 12.5. The zero-order valence-electron chi connectivity index (χ0n) is 47.1. The number of rotatable bonds is 16. The quantitative estimate of drug-likeness (QED) is 0.0226. The Labute approximate surface area is 651 Å². The summed E-state index contributed by atoms with van der Waals surface area (Å²) < 4.78 is 218. The molecule has 0 saturated heterocycles. The molecule has 0 aliphatic carbocycles. The molecule has 0 unspecified atom stereocenters. The Morgan fingerprint density at radius 3 is 1.22 bits per heavy atom. The van der Waals surface area contributed by atoms with Gasteiger partial charge in [-0.1, -0.05) is 5.75 Å².